The number of benzene rings is 1. The molecule has 0 aliphatic rings. The van der Waals surface area contributed by atoms with Crippen molar-refractivity contribution < 1.29 is 0 Å². The maximum atomic E-state index is 13.2. The second kappa shape index (κ2) is 10.1. The van der Waals surface area contributed by atoms with E-state index in [1.807, 2.05) is 29.9 Å². The minimum absolute atomic E-state index is 0.0641. The Morgan fingerprint density at radius 1 is 1.14 bits per heavy atom. The molecule has 0 amide bonds. The lowest BCUT2D eigenvalue weighted by Crippen LogP contribution is -2.36. The van der Waals surface area contributed by atoms with Crippen LogP contribution in [-0.2, 0) is 18.6 Å². The second-order valence-corrected chi connectivity index (χ2v) is 9.90. The van der Waals surface area contributed by atoms with Crippen LogP contribution in [0.4, 0.5) is 0 Å². The molecule has 1 aromatic carbocycles. The van der Waals surface area contributed by atoms with Gasteiger partial charge in [0.25, 0.3) is 5.56 Å². The van der Waals surface area contributed by atoms with E-state index in [0.717, 1.165) is 51.8 Å². The molecule has 3 aromatic heterocycles. The number of pyridine rings is 2. The van der Waals surface area contributed by atoms with Gasteiger partial charge >= 0.3 is 0 Å². The third kappa shape index (κ3) is 5.03. The number of nitrogens with zero attached hydrogens (tertiary/aromatic N) is 6. The quantitative estimate of drug-likeness (QED) is 0.374. The molecule has 0 radical (unpaired) electrons. The normalized spacial score (nSPS) is 13.0. The summed E-state index contributed by atoms with van der Waals surface area (Å²) in [5.41, 5.74) is 4.67. The molecule has 0 bridgehead atoms. The van der Waals surface area contributed by atoms with Crippen LogP contribution >= 0.6 is 0 Å². The van der Waals surface area contributed by atoms with Crippen LogP contribution in [0.25, 0.3) is 10.9 Å². The Bertz CT molecular complexity index is 1360. The minimum Gasteiger partial charge on any atom is -0.321 e. The number of nitrogens with one attached hydrogen (secondary N) is 1. The van der Waals surface area contributed by atoms with Crippen molar-refractivity contribution in [3.8, 4) is 0 Å². The summed E-state index contributed by atoms with van der Waals surface area (Å²) in [6.07, 6.45) is 5.33. The van der Waals surface area contributed by atoms with Crippen molar-refractivity contribution in [1.82, 2.24) is 35.1 Å². The van der Waals surface area contributed by atoms with Crippen LogP contribution in [0.15, 0.2) is 47.5 Å². The molecule has 0 fully saturated rings. The van der Waals surface area contributed by atoms with Crippen molar-refractivity contribution in [1.29, 1.82) is 0 Å². The molecule has 8 heteroatoms. The molecule has 1 atom stereocenters. The van der Waals surface area contributed by atoms with Gasteiger partial charge in [0, 0.05) is 31.0 Å². The summed E-state index contributed by atoms with van der Waals surface area (Å²) in [7, 11) is 0. The van der Waals surface area contributed by atoms with E-state index in [4.69, 9.17) is 0 Å². The monoisotopic (exact) mass is 473 g/mol. The Balaban J connectivity index is 1.78. The highest BCUT2D eigenvalue weighted by Gasteiger charge is 2.31. The highest BCUT2D eigenvalue weighted by Crippen LogP contribution is 2.30. The van der Waals surface area contributed by atoms with E-state index in [1.165, 1.54) is 0 Å². The Morgan fingerprint density at radius 2 is 1.94 bits per heavy atom. The Labute approximate surface area is 206 Å². The Kier molecular flexibility index (Phi) is 7.12. The van der Waals surface area contributed by atoms with Gasteiger partial charge in [0.2, 0.25) is 0 Å². The summed E-state index contributed by atoms with van der Waals surface area (Å²) in [4.78, 5) is 22.9. The van der Waals surface area contributed by atoms with Crippen LogP contribution in [-0.4, -0.2) is 35.1 Å². The number of aryl methyl sites for hydroxylation is 2. The number of hydrogen-bond donors (Lipinski definition) is 1. The second-order valence-electron chi connectivity index (χ2n) is 9.90. The standard InChI is InChI=1S/C27H35N7O/c1-7-23(25-30-31-32-34(25)27(5,6)8-2)33(16-20-10-9-13-28-15-20)17-22-14-21-12-11-18(3)19(4)24(21)29-26(22)35/h9-15,23H,7-8,16-17H2,1-6H3,(H,29,35). The summed E-state index contributed by atoms with van der Waals surface area (Å²) in [5.74, 6) is 0.812. The van der Waals surface area contributed by atoms with Crippen molar-refractivity contribution >= 4 is 10.9 Å². The molecule has 4 rings (SSSR count). The van der Waals surface area contributed by atoms with E-state index in [0.29, 0.717) is 13.1 Å². The summed E-state index contributed by atoms with van der Waals surface area (Å²) in [6, 6.07) is 10.1. The number of hydrogen-bond acceptors (Lipinski definition) is 6. The van der Waals surface area contributed by atoms with Crippen LogP contribution in [0, 0.1) is 13.8 Å². The van der Waals surface area contributed by atoms with Gasteiger partial charge in [-0.05, 0) is 85.2 Å². The summed E-state index contributed by atoms with van der Waals surface area (Å²) >= 11 is 0. The highest BCUT2D eigenvalue weighted by molar-refractivity contribution is 5.83. The molecular weight excluding hydrogens is 438 g/mol. The van der Waals surface area contributed by atoms with Gasteiger partial charge < -0.3 is 4.98 Å². The van der Waals surface area contributed by atoms with E-state index < -0.39 is 0 Å². The number of aromatic nitrogens is 6. The largest absolute Gasteiger partial charge is 0.321 e. The Hall–Kier alpha value is -3.39. The number of H-pyrrole nitrogens is 1. The van der Waals surface area contributed by atoms with Crippen molar-refractivity contribution in [3.05, 3.63) is 81.2 Å². The van der Waals surface area contributed by atoms with Gasteiger partial charge in [-0.3, -0.25) is 14.7 Å². The first kappa shape index (κ1) is 24.7. The van der Waals surface area contributed by atoms with Crippen LogP contribution in [0.1, 0.15) is 74.7 Å². The predicted octanol–water partition coefficient (Wildman–Crippen LogP) is 4.83. The van der Waals surface area contributed by atoms with Crippen molar-refractivity contribution in [3.63, 3.8) is 0 Å². The molecule has 0 spiro atoms. The van der Waals surface area contributed by atoms with E-state index in [2.05, 4.69) is 83.2 Å². The van der Waals surface area contributed by atoms with Crippen LogP contribution in [0.3, 0.4) is 0 Å². The maximum absolute atomic E-state index is 13.2. The van der Waals surface area contributed by atoms with Gasteiger partial charge in [-0.2, -0.15) is 0 Å². The molecule has 1 N–H and O–H groups in total. The molecule has 8 nitrogen and oxygen atoms in total. The lowest BCUT2D eigenvalue weighted by Gasteiger charge is -2.33. The minimum atomic E-state index is -0.220. The number of tetrazole rings is 1. The van der Waals surface area contributed by atoms with Gasteiger partial charge in [0.05, 0.1) is 17.1 Å². The number of fused-ring (bicyclic) bond motifs is 1. The van der Waals surface area contributed by atoms with Gasteiger partial charge in [-0.25, -0.2) is 4.68 Å². The van der Waals surface area contributed by atoms with E-state index in [1.54, 1.807) is 6.20 Å². The van der Waals surface area contributed by atoms with E-state index >= 15 is 0 Å². The molecule has 0 aliphatic heterocycles. The first-order valence-corrected chi connectivity index (χ1v) is 12.3. The number of aromatic amines is 1. The summed E-state index contributed by atoms with van der Waals surface area (Å²) in [5, 5.41) is 13.9. The molecule has 3 heterocycles. The summed E-state index contributed by atoms with van der Waals surface area (Å²) in [6.45, 7) is 13.7. The topological polar surface area (TPSA) is 92.6 Å². The van der Waals surface area contributed by atoms with Crippen LogP contribution in [0.5, 0.6) is 0 Å². The average Bonchev–Trinajstić information content (AvgIpc) is 3.34. The Morgan fingerprint density at radius 3 is 2.63 bits per heavy atom. The maximum Gasteiger partial charge on any atom is 0.252 e. The van der Waals surface area contributed by atoms with Gasteiger partial charge in [-0.1, -0.05) is 32.0 Å². The third-order valence-electron chi connectivity index (χ3n) is 7.17. The molecular formula is C27H35N7O. The molecule has 1 unspecified atom stereocenters. The fraction of sp³-hybridized carbons (Fsp3) is 0.444. The SMILES string of the molecule is CCC(c1nnnn1C(C)(C)CC)N(Cc1cccnc1)Cc1cc2ccc(C)c(C)c2[nH]c1=O. The van der Waals surface area contributed by atoms with Gasteiger partial charge in [-0.15, -0.1) is 5.10 Å². The van der Waals surface area contributed by atoms with Gasteiger partial charge in [0.1, 0.15) is 0 Å². The van der Waals surface area contributed by atoms with Gasteiger partial charge in [0.15, 0.2) is 5.82 Å². The van der Waals surface area contributed by atoms with Crippen molar-refractivity contribution in [2.75, 3.05) is 0 Å². The predicted molar refractivity (Wildman–Crippen MR) is 138 cm³/mol. The summed E-state index contributed by atoms with van der Waals surface area (Å²) < 4.78 is 1.94. The zero-order chi connectivity index (χ0) is 25.2. The van der Waals surface area contributed by atoms with Crippen molar-refractivity contribution in [2.24, 2.45) is 0 Å². The molecule has 0 saturated carbocycles. The number of rotatable bonds is 9. The zero-order valence-electron chi connectivity index (χ0n) is 21.5. The molecule has 184 valence electrons. The fourth-order valence-corrected chi connectivity index (χ4v) is 4.50. The fourth-order valence-electron chi connectivity index (χ4n) is 4.50. The van der Waals surface area contributed by atoms with Crippen LogP contribution < -0.4 is 5.56 Å². The average molecular weight is 474 g/mol. The third-order valence-corrected chi connectivity index (χ3v) is 7.17. The highest BCUT2D eigenvalue weighted by atomic mass is 16.1. The lowest BCUT2D eigenvalue weighted by molar-refractivity contribution is 0.150. The molecule has 0 aliphatic carbocycles. The van der Waals surface area contributed by atoms with E-state index in [9.17, 15) is 4.79 Å². The lowest BCUT2D eigenvalue weighted by atomic mass is 10.0. The zero-order valence-corrected chi connectivity index (χ0v) is 21.5. The smallest absolute Gasteiger partial charge is 0.252 e. The molecule has 35 heavy (non-hydrogen) atoms. The van der Waals surface area contributed by atoms with Crippen LogP contribution in [0.2, 0.25) is 0 Å². The van der Waals surface area contributed by atoms with Crippen molar-refractivity contribution in [2.45, 2.75) is 79.1 Å². The first-order valence-electron chi connectivity index (χ1n) is 12.3. The molecule has 0 saturated heterocycles. The first-order chi connectivity index (χ1) is 16.7. The molecule has 4 aromatic rings. The van der Waals surface area contributed by atoms with E-state index in [-0.39, 0.29) is 17.1 Å².